The molecule has 2 nitrogen and oxygen atoms in total. The van der Waals surface area contributed by atoms with Gasteiger partial charge in [0, 0.05) is 11.5 Å². The highest BCUT2D eigenvalue weighted by atomic mass is 16.2. The summed E-state index contributed by atoms with van der Waals surface area (Å²) in [7, 11) is 0. The molecular weight excluding hydrogens is 222 g/mol. The molecule has 1 atom stereocenters. The molecule has 1 fully saturated rings. The van der Waals surface area contributed by atoms with Gasteiger partial charge in [-0.05, 0) is 51.4 Å². The van der Waals surface area contributed by atoms with Crippen molar-refractivity contribution < 1.29 is 4.79 Å². The molecule has 2 heteroatoms. The summed E-state index contributed by atoms with van der Waals surface area (Å²) in [6.45, 7) is 12.8. The zero-order valence-electron chi connectivity index (χ0n) is 13.1. The Morgan fingerprint density at radius 2 is 1.72 bits per heavy atom. The third kappa shape index (κ3) is 7.03. The second-order valence-corrected chi connectivity index (χ2v) is 8.22. The molecule has 1 saturated carbocycles. The summed E-state index contributed by atoms with van der Waals surface area (Å²) in [5.41, 5.74) is 0.107. The normalized spacial score (nSPS) is 18.6. The number of hydrogen-bond acceptors (Lipinski definition) is 1. The van der Waals surface area contributed by atoms with Gasteiger partial charge >= 0.3 is 0 Å². The molecule has 106 valence electrons. The lowest BCUT2D eigenvalue weighted by molar-refractivity contribution is -0.127. The first-order chi connectivity index (χ1) is 8.07. The molecular formula is C16H31NO. The zero-order chi connectivity index (χ0) is 14.0. The molecule has 0 heterocycles. The largest absolute Gasteiger partial charge is 0.351 e. The van der Waals surface area contributed by atoms with Crippen molar-refractivity contribution >= 4 is 5.91 Å². The van der Waals surface area contributed by atoms with Crippen molar-refractivity contribution in [1.82, 2.24) is 5.32 Å². The lowest BCUT2D eigenvalue weighted by Crippen LogP contribution is -2.44. The number of nitrogens with one attached hydrogen (secondary N) is 1. The van der Waals surface area contributed by atoms with Crippen LogP contribution in [0.5, 0.6) is 0 Å². The zero-order valence-corrected chi connectivity index (χ0v) is 13.1. The van der Waals surface area contributed by atoms with Crippen LogP contribution in [-0.2, 0) is 4.79 Å². The quantitative estimate of drug-likeness (QED) is 0.783. The van der Waals surface area contributed by atoms with Crippen molar-refractivity contribution in [2.75, 3.05) is 0 Å². The second kappa shape index (κ2) is 5.63. The number of amides is 1. The van der Waals surface area contributed by atoms with Crippen LogP contribution in [0.15, 0.2) is 0 Å². The van der Waals surface area contributed by atoms with Crippen LogP contribution in [0.1, 0.15) is 73.6 Å². The van der Waals surface area contributed by atoms with Crippen molar-refractivity contribution in [3.05, 3.63) is 0 Å². The first-order valence-electron chi connectivity index (χ1n) is 7.39. The minimum absolute atomic E-state index is 0.118. The maximum Gasteiger partial charge on any atom is 0.223 e. The maximum absolute atomic E-state index is 12.4. The SMILES string of the molecule is CC(C)(C)CC(CCC1CC1)C(=O)NC(C)(C)C. The average molecular weight is 253 g/mol. The van der Waals surface area contributed by atoms with E-state index in [9.17, 15) is 4.79 Å². The van der Waals surface area contributed by atoms with Gasteiger partial charge in [-0.25, -0.2) is 0 Å². The fraction of sp³-hybridized carbons (Fsp3) is 0.938. The van der Waals surface area contributed by atoms with Gasteiger partial charge in [0.05, 0.1) is 0 Å². The Morgan fingerprint density at radius 3 is 2.11 bits per heavy atom. The van der Waals surface area contributed by atoms with E-state index in [0.717, 1.165) is 18.8 Å². The molecule has 18 heavy (non-hydrogen) atoms. The van der Waals surface area contributed by atoms with Crippen LogP contribution in [0.3, 0.4) is 0 Å². The Hall–Kier alpha value is -0.530. The lowest BCUT2D eigenvalue weighted by Gasteiger charge is -2.29. The highest BCUT2D eigenvalue weighted by molar-refractivity contribution is 5.79. The van der Waals surface area contributed by atoms with Gasteiger partial charge < -0.3 is 5.32 Å². The minimum Gasteiger partial charge on any atom is -0.351 e. The Kier molecular flexibility index (Phi) is 4.85. The van der Waals surface area contributed by atoms with Crippen molar-refractivity contribution in [1.29, 1.82) is 0 Å². The van der Waals surface area contributed by atoms with Crippen LogP contribution in [0.25, 0.3) is 0 Å². The number of carbonyl (C=O) groups is 1. The summed E-state index contributed by atoms with van der Waals surface area (Å²) in [4.78, 5) is 12.4. The molecule has 0 aromatic rings. The van der Waals surface area contributed by atoms with E-state index in [-0.39, 0.29) is 22.8 Å². The predicted octanol–water partition coefficient (Wildman–Crippen LogP) is 4.14. The minimum atomic E-state index is -0.118. The molecule has 1 aliphatic rings. The third-order valence-corrected chi connectivity index (χ3v) is 3.35. The van der Waals surface area contributed by atoms with E-state index < -0.39 is 0 Å². The standard InChI is InChI=1S/C16H31NO/c1-15(2,3)11-13(10-9-12-7-8-12)14(18)17-16(4,5)6/h12-13H,7-11H2,1-6H3,(H,17,18). The average Bonchev–Trinajstić information content (AvgIpc) is 2.90. The molecule has 1 amide bonds. The molecule has 1 aliphatic carbocycles. The first-order valence-corrected chi connectivity index (χ1v) is 7.39. The Morgan fingerprint density at radius 1 is 1.17 bits per heavy atom. The van der Waals surface area contributed by atoms with Gasteiger partial charge in [-0.3, -0.25) is 4.79 Å². The maximum atomic E-state index is 12.4. The summed E-state index contributed by atoms with van der Waals surface area (Å²) in [5, 5.41) is 3.15. The van der Waals surface area contributed by atoms with E-state index in [1.165, 1.54) is 19.3 Å². The van der Waals surface area contributed by atoms with E-state index in [0.29, 0.717) is 0 Å². The van der Waals surface area contributed by atoms with E-state index >= 15 is 0 Å². The van der Waals surface area contributed by atoms with Crippen LogP contribution in [-0.4, -0.2) is 11.4 Å². The summed E-state index contributed by atoms with van der Waals surface area (Å²) in [6, 6.07) is 0. The topological polar surface area (TPSA) is 29.1 Å². The van der Waals surface area contributed by atoms with Crippen molar-refractivity contribution in [3.63, 3.8) is 0 Å². The fourth-order valence-electron chi connectivity index (χ4n) is 2.38. The van der Waals surface area contributed by atoms with Gasteiger partial charge in [-0.2, -0.15) is 0 Å². The van der Waals surface area contributed by atoms with E-state index in [1.807, 2.05) is 0 Å². The smallest absolute Gasteiger partial charge is 0.223 e. The molecule has 0 saturated heterocycles. The van der Waals surface area contributed by atoms with Crippen LogP contribution < -0.4 is 5.32 Å². The summed E-state index contributed by atoms with van der Waals surface area (Å²) in [6.07, 6.45) is 6.04. The van der Waals surface area contributed by atoms with Crippen molar-refractivity contribution in [2.45, 2.75) is 79.2 Å². The van der Waals surface area contributed by atoms with Crippen LogP contribution in [0, 0.1) is 17.3 Å². The van der Waals surface area contributed by atoms with Gasteiger partial charge in [0.1, 0.15) is 0 Å². The molecule has 0 spiro atoms. The number of hydrogen-bond donors (Lipinski definition) is 1. The van der Waals surface area contributed by atoms with Crippen LogP contribution >= 0.6 is 0 Å². The predicted molar refractivity (Wildman–Crippen MR) is 77.4 cm³/mol. The highest BCUT2D eigenvalue weighted by Crippen LogP contribution is 2.37. The van der Waals surface area contributed by atoms with Gasteiger partial charge in [0.2, 0.25) is 5.91 Å². The molecule has 1 N–H and O–H groups in total. The second-order valence-electron chi connectivity index (χ2n) is 8.22. The molecule has 0 radical (unpaired) electrons. The molecule has 0 bridgehead atoms. The molecule has 1 rings (SSSR count). The monoisotopic (exact) mass is 253 g/mol. The molecule has 1 unspecified atom stereocenters. The van der Waals surface area contributed by atoms with E-state index in [4.69, 9.17) is 0 Å². The Balaban J connectivity index is 2.53. The number of rotatable bonds is 5. The number of carbonyl (C=O) groups excluding carboxylic acids is 1. The van der Waals surface area contributed by atoms with Gasteiger partial charge in [0.15, 0.2) is 0 Å². The third-order valence-electron chi connectivity index (χ3n) is 3.35. The Bertz CT molecular complexity index is 278. The van der Waals surface area contributed by atoms with Crippen molar-refractivity contribution in [3.8, 4) is 0 Å². The highest BCUT2D eigenvalue weighted by Gasteiger charge is 2.29. The molecule has 0 aliphatic heterocycles. The Labute approximate surface area is 113 Å². The van der Waals surface area contributed by atoms with Crippen LogP contribution in [0.4, 0.5) is 0 Å². The molecule has 0 aromatic heterocycles. The fourth-order valence-corrected chi connectivity index (χ4v) is 2.38. The van der Waals surface area contributed by atoms with Gasteiger partial charge in [0.25, 0.3) is 0 Å². The van der Waals surface area contributed by atoms with Crippen molar-refractivity contribution in [2.24, 2.45) is 17.3 Å². The summed E-state index contributed by atoms with van der Waals surface area (Å²) < 4.78 is 0. The van der Waals surface area contributed by atoms with Gasteiger partial charge in [-0.1, -0.05) is 33.6 Å². The van der Waals surface area contributed by atoms with E-state index in [1.54, 1.807) is 0 Å². The van der Waals surface area contributed by atoms with Gasteiger partial charge in [-0.15, -0.1) is 0 Å². The molecule has 0 aromatic carbocycles. The van der Waals surface area contributed by atoms with E-state index in [2.05, 4.69) is 46.9 Å². The summed E-state index contributed by atoms with van der Waals surface area (Å²) >= 11 is 0. The lowest BCUT2D eigenvalue weighted by atomic mass is 9.81. The van der Waals surface area contributed by atoms with Crippen LogP contribution in [0.2, 0.25) is 0 Å². The summed E-state index contributed by atoms with van der Waals surface area (Å²) in [5.74, 6) is 1.35. The first kappa shape index (κ1) is 15.5.